The number of rotatable bonds is 4. The third-order valence-electron chi connectivity index (χ3n) is 3.77. The van der Waals surface area contributed by atoms with Crippen molar-refractivity contribution in [2.45, 2.75) is 0 Å². The topological polar surface area (TPSA) is 130 Å². The van der Waals surface area contributed by atoms with Crippen LogP contribution in [0, 0.1) is 5.41 Å². The molecule has 7 nitrogen and oxygen atoms in total. The molecule has 0 unspecified atom stereocenters. The van der Waals surface area contributed by atoms with E-state index in [1.54, 1.807) is 17.1 Å². The van der Waals surface area contributed by atoms with Crippen molar-refractivity contribution in [2.75, 3.05) is 28.9 Å². The summed E-state index contributed by atoms with van der Waals surface area (Å²) in [4.78, 5) is 4.23. The first-order valence-corrected chi connectivity index (χ1v) is 7.36. The Morgan fingerprint density at radius 2 is 1.62 bits per heavy atom. The minimum absolute atomic E-state index is 0.0351. The van der Waals surface area contributed by atoms with Gasteiger partial charge in [-0.25, -0.2) is 4.98 Å². The average molecular weight is 321 g/mol. The molecule has 0 amide bonds. The summed E-state index contributed by atoms with van der Waals surface area (Å²) in [6.45, 7) is 0. The third kappa shape index (κ3) is 2.74. The Bertz CT molecular complexity index is 903. The number of hydrazine groups is 1. The number of hydrogen-bond donors (Lipinski definition) is 5. The minimum Gasteiger partial charge on any atom is -0.384 e. The van der Waals surface area contributed by atoms with Crippen LogP contribution < -0.4 is 27.6 Å². The van der Waals surface area contributed by atoms with E-state index in [9.17, 15) is 0 Å². The van der Waals surface area contributed by atoms with Crippen LogP contribution in [0.15, 0.2) is 48.5 Å². The van der Waals surface area contributed by atoms with Crippen LogP contribution in [0.5, 0.6) is 0 Å². The van der Waals surface area contributed by atoms with E-state index in [-0.39, 0.29) is 5.84 Å². The molecular formula is C17H19N7. The zero-order chi connectivity index (χ0) is 17.3. The maximum Gasteiger partial charge on any atom is 0.151 e. The first-order valence-electron chi connectivity index (χ1n) is 7.36. The van der Waals surface area contributed by atoms with Crippen molar-refractivity contribution in [3.63, 3.8) is 0 Å². The molecule has 0 spiro atoms. The van der Waals surface area contributed by atoms with Gasteiger partial charge in [-0.2, -0.15) is 0 Å². The number of anilines is 4. The standard InChI is InChI=1S/C17H19N7/c1-24(23-11-8-6-10(7-9-11)15(18)19)14-12-4-2-3-5-13(12)16(20)22-17(14)21/h2-9,23H,1H3,(H3,18,19)(H4,20,21,22). The number of nitrogens with two attached hydrogens (primary N) is 3. The summed E-state index contributed by atoms with van der Waals surface area (Å²) in [5, 5.41) is 11.0. The van der Waals surface area contributed by atoms with Gasteiger partial charge in [-0.05, 0) is 24.3 Å². The monoisotopic (exact) mass is 321 g/mol. The number of nitrogen functional groups attached to an aromatic ring is 3. The molecule has 0 aliphatic carbocycles. The molecule has 0 saturated heterocycles. The van der Waals surface area contributed by atoms with Gasteiger partial charge in [0.15, 0.2) is 5.82 Å². The molecule has 0 bridgehead atoms. The van der Waals surface area contributed by atoms with Gasteiger partial charge in [-0.15, -0.1) is 0 Å². The van der Waals surface area contributed by atoms with Gasteiger partial charge in [0.2, 0.25) is 0 Å². The number of aromatic nitrogens is 1. The Kier molecular flexibility index (Phi) is 3.83. The molecule has 1 heterocycles. The van der Waals surface area contributed by atoms with Crippen LogP contribution in [0.25, 0.3) is 10.8 Å². The predicted molar refractivity (Wildman–Crippen MR) is 100 cm³/mol. The number of amidine groups is 1. The van der Waals surface area contributed by atoms with E-state index in [0.29, 0.717) is 17.2 Å². The third-order valence-corrected chi connectivity index (χ3v) is 3.77. The highest BCUT2D eigenvalue weighted by atomic mass is 15.5. The fourth-order valence-corrected chi connectivity index (χ4v) is 2.62. The predicted octanol–water partition coefficient (Wildman–Crippen LogP) is 2.15. The van der Waals surface area contributed by atoms with Gasteiger partial charge in [0.1, 0.15) is 17.3 Å². The lowest BCUT2D eigenvalue weighted by molar-refractivity contribution is 1.09. The largest absolute Gasteiger partial charge is 0.384 e. The highest BCUT2D eigenvalue weighted by Gasteiger charge is 2.14. The van der Waals surface area contributed by atoms with E-state index in [1.165, 1.54) is 0 Å². The Balaban J connectivity index is 1.97. The molecule has 24 heavy (non-hydrogen) atoms. The summed E-state index contributed by atoms with van der Waals surface area (Å²) >= 11 is 0. The molecule has 0 radical (unpaired) electrons. The van der Waals surface area contributed by atoms with Gasteiger partial charge < -0.3 is 17.2 Å². The maximum absolute atomic E-state index is 7.43. The fourth-order valence-electron chi connectivity index (χ4n) is 2.62. The molecule has 2 aromatic carbocycles. The van der Waals surface area contributed by atoms with Gasteiger partial charge >= 0.3 is 0 Å². The summed E-state index contributed by atoms with van der Waals surface area (Å²) in [6.07, 6.45) is 0. The second-order valence-corrected chi connectivity index (χ2v) is 5.44. The van der Waals surface area contributed by atoms with Crippen LogP contribution >= 0.6 is 0 Å². The minimum atomic E-state index is 0.0351. The van der Waals surface area contributed by atoms with Crippen LogP contribution in [-0.4, -0.2) is 17.9 Å². The molecule has 0 saturated carbocycles. The molecule has 122 valence electrons. The number of fused-ring (bicyclic) bond motifs is 1. The van der Waals surface area contributed by atoms with Crippen LogP contribution in [0.4, 0.5) is 23.0 Å². The number of nitrogens with one attached hydrogen (secondary N) is 2. The molecule has 0 aliphatic heterocycles. The SMILES string of the molecule is CN(Nc1ccc(C(=N)N)cc1)c1c(N)nc(N)c2ccccc12. The zero-order valence-corrected chi connectivity index (χ0v) is 13.2. The summed E-state index contributed by atoms with van der Waals surface area (Å²) in [6, 6.07) is 15.0. The van der Waals surface area contributed by atoms with E-state index in [2.05, 4.69) is 10.4 Å². The molecule has 1 aromatic heterocycles. The summed E-state index contributed by atoms with van der Waals surface area (Å²) in [5.41, 5.74) is 23.0. The quantitative estimate of drug-likeness (QED) is 0.284. The van der Waals surface area contributed by atoms with E-state index >= 15 is 0 Å². The molecule has 8 N–H and O–H groups in total. The molecule has 0 fully saturated rings. The Labute approximate surface area is 139 Å². The van der Waals surface area contributed by atoms with Crippen molar-refractivity contribution in [2.24, 2.45) is 5.73 Å². The van der Waals surface area contributed by atoms with Gasteiger partial charge in [-0.3, -0.25) is 15.8 Å². The first-order chi connectivity index (χ1) is 11.5. The number of hydrogen-bond acceptors (Lipinski definition) is 6. The molecule has 3 aromatic rings. The highest BCUT2D eigenvalue weighted by molar-refractivity contribution is 6.04. The van der Waals surface area contributed by atoms with Crippen molar-refractivity contribution in [1.29, 1.82) is 5.41 Å². The Morgan fingerprint density at radius 3 is 2.25 bits per heavy atom. The van der Waals surface area contributed by atoms with Crippen LogP contribution in [-0.2, 0) is 0 Å². The lowest BCUT2D eigenvalue weighted by Crippen LogP contribution is -2.26. The average Bonchev–Trinajstić information content (AvgIpc) is 2.55. The number of nitrogens with zero attached hydrogens (tertiary/aromatic N) is 2. The Hall–Kier alpha value is -3.48. The molecule has 0 atom stereocenters. The van der Waals surface area contributed by atoms with Crippen molar-refractivity contribution in [1.82, 2.24) is 4.98 Å². The van der Waals surface area contributed by atoms with E-state index in [1.807, 2.05) is 43.4 Å². The summed E-state index contributed by atoms with van der Waals surface area (Å²) < 4.78 is 0. The number of pyridine rings is 1. The lowest BCUT2D eigenvalue weighted by atomic mass is 10.1. The van der Waals surface area contributed by atoms with Crippen LogP contribution in [0.1, 0.15) is 5.56 Å². The second-order valence-electron chi connectivity index (χ2n) is 5.44. The van der Waals surface area contributed by atoms with Gasteiger partial charge in [0.05, 0.1) is 5.69 Å². The van der Waals surface area contributed by atoms with E-state index < -0.39 is 0 Å². The smallest absolute Gasteiger partial charge is 0.151 e. The van der Waals surface area contributed by atoms with Crippen molar-refractivity contribution < 1.29 is 0 Å². The lowest BCUT2D eigenvalue weighted by Gasteiger charge is -2.24. The van der Waals surface area contributed by atoms with Crippen molar-refractivity contribution in [3.05, 3.63) is 54.1 Å². The van der Waals surface area contributed by atoms with Crippen LogP contribution in [0.2, 0.25) is 0 Å². The summed E-state index contributed by atoms with van der Waals surface area (Å²) in [5.74, 6) is 0.792. The fraction of sp³-hybridized carbons (Fsp3) is 0.0588. The van der Waals surface area contributed by atoms with Gasteiger partial charge in [0.25, 0.3) is 0 Å². The van der Waals surface area contributed by atoms with Crippen LogP contribution in [0.3, 0.4) is 0 Å². The summed E-state index contributed by atoms with van der Waals surface area (Å²) in [7, 11) is 1.86. The normalized spacial score (nSPS) is 10.5. The second kappa shape index (κ2) is 5.96. The van der Waals surface area contributed by atoms with Crippen molar-refractivity contribution in [3.8, 4) is 0 Å². The molecular weight excluding hydrogens is 302 g/mol. The van der Waals surface area contributed by atoms with Gasteiger partial charge in [-0.1, -0.05) is 24.3 Å². The van der Waals surface area contributed by atoms with E-state index in [0.717, 1.165) is 22.1 Å². The molecule has 7 heteroatoms. The number of benzene rings is 2. The first kappa shape index (κ1) is 15.4. The maximum atomic E-state index is 7.43. The van der Waals surface area contributed by atoms with E-state index in [4.69, 9.17) is 22.6 Å². The van der Waals surface area contributed by atoms with Crippen molar-refractivity contribution >= 4 is 39.6 Å². The Morgan fingerprint density at radius 1 is 1.00 bits per heavy atom. The highest BCUT2D eigenvalue weighted by Crippen LogP contribution is 2.33. The molecule has 3 rings (SSSR count). The molecule has 0 aliphatic rings. The zero-order valence-electron chi connectivity index (χ0n) is 13.2. The van der Waals surface area contributed by atoms with Gasteiger partial charge in [0, 0.05) is 23.4 Å².